The van der Waals surface area contributed by atoms with Crippen molar-refractivity contribution in [3.63, 3.8) is 0 Å². The minimum atomic E-state index is -0.555. The van der Waals surface area contributed by atoms with Crippen molar-refractivity contribution in [1.82, 2.24) is 16.2 Å². The third-order valence-electron chi connectivity index (χ3n) is 3.51. The van der Waals surface area contributed by atoms with Crippen molar-refractivity contribution in [3.8, 4) is 5.75 Å². The highest BCUT2D eigenvalue weighted by Crippen LogP contribution is 2.27. The minimum absolute atomic E-state index is 0.0134. The highest BCUT2D eigenvalue weighted by molar-refractivity contribution is 9.10. The summed E-state index contributed by atoms with van der Waals surface area (Å²) in [5.74, 6) is -0.939. The number of carbonyl (C=O) groups is 3. The molecule has 0 fully saturated rings. The maximum atomic E-state index is 11.8. The van der Waals surface area contributed by atoms with Crippen LogP contribution in [0.3, 0.4) is 0 Å². The summed E-state index contributed by atoms with van der Waals surface area (Å²) in [6.07, 6.45) is -0.0418. The smallest absolute Gasteiger partial charge is 0.276 e. The van der Waals surface area contributed by atoms with Gasteiger partial charge in [-0.05, 0) is 23.8 Å². The lowest BCUT2D eigenvalue weighted by Crippen LogP contribution is -2.44. The second-order valence-corrected chi connectivity index (χ2v) is 7.04. The molecule has 7 nitrogen and oxygen atoms in total. The first-order valence-electron chi connectivity index (χ1n) is 8.40. The van der Waals surface area contributed by atoms with Gasteiger partial charge >= 0.3 is 0 Å². The van der Waals surface area contributed by atoms with Crippen molar-refractivity contribution < 1.29 is 19.1 Å². The molecule has 3 amide bonds. The fourth-order valence-electron chi connectivity index (χ4n) is 2.09. The molecular formula is C19H19BrClN3O4. The maximum absolute atomic E-state index is 11.8. The number of halogens is 2. The third kappa shape index (κ3) is 7.98. The van der Waals surface area contributed by atoms with Crippen LogP contribution in [0.5, 0.6) is 5.75 Å². The van der Waals surface area contributed by atoms with Gasteiger partial charge in [-0.25, -0.2) is 0 Å². The Hall–Kier alpha value is -2.58. The van der Waals surface area contributed by atoms with Gasteiger partial charge in [0.05, 0.1) is 5.02 Å². The van der Waals surface area contributed by atoms with E-state index in [9.17, 15) is 14.4 Å². The van der Waals surface area contributed by atoms with E-state index in [1.807, 2.05) is 30.3 Å². The van der Waals surface area contributed by atoms with Crippen LogP contribution >= 0.6 is 27.5 Å². The van der Waals surface area contributed by atoms with E-state index in [-0.39, 0.29) is 25.4 Å². The zero-order valence-electron chi connectivity index (χ0n) is 14.8. The van der Waals surface area contributed by atoms with Gasteiger partial charge in [0.2, 0.25) is 11.8 Å². The van der Waals surface area contributed by atoms with Gasteiger partial charge in [0.15, 0.2) is 6.61 Å². The first-order valence-corrected chi connectivity index (χ1v) is 9.57. The molecule has 148 valence electrons. The lowest BCUT2D eigenvalue weighted by atomic mass is 10.2. The lowest BCUT2D eigenvalue weighted by Gasteiger charge is -2.10. The summed E-state index contributed by atoms with van der Waals surface area (Å²) < 4.78 is 6.06. The van der Waals surface area contributed by atoms with Crippen molar-refractivity contribution in [2.75, 3.05) is 6.61 Å². The normalized spacial score (nSPS) is 10.1. The van der Waals surface area contributed by atoms with E-state index < -0.39 is 11.8 Å². The summed E-state index contributed by atoms with van der Waals surface area (Å²) in [5, 5.41) is 3.08. The molecule has 0 atom stereocenters. The minimum Gasteiger partial charge on any atom is -0.482 e. The van der Waals surface area contributed by atoms with Crippen LogP contribution in [-0.4, -0.2) is 24.3 Å². The fraction of sp³-hybridized carbons (Fsp3) is 0.211. The number of nitrogens with one attached hydrogen (secondary N) is 3. The highest BCUT2D eigenvalue weighted by atomic mass is 79.9. The number of rotatable bonds is 8. The van der Waals surface area contributed by atoms with Gasteiger partial charge in [-0.2, -0.15) is 0 Å². The average molecular weight is 469 g/mol. The molecular weight excluding hydrogens is 450 g/mol. The predicted octanol–water partition coefficient (Wildman–Crippen LogP) is 2.73. The number of hydrazine groups is 1. The molecule has 0 radical (unpaired) electrons. The number of amides is 3. The summed E-state index contributed by atoms with van der Waals surface area (Å²) in [6.45, 7) is 0.0766. The Bertz CT molecular complexity index is 833. The van der Waals surface area contributed by atoms with E-state index in [1.54, 1.807) is 18.2 Å². The zero-order valence-corrected chi connectivity index (χ0v) is 17.2. The Morgan fingerprint density at radius 3 is 2.32 bits per heavy atom. The fourth-order valence-corrected chi connectivity index (χ4v) is 2.81. The van der Waals surface area contributed by atoms with Crippen LogP contribution in [0.25, 0.3) is 0 Å². The maximum Gasteiger partial charge on any atom is 0.276 e. The third-order valence-corrected chi connectivity index (χ3v) is 4.29. The molecule has 28 heavy (non-hydrogen) atoms. The monoisotopic (exact) mass is 467 g/mol. The molecule has 0 bridgehead atoms. The summed E-state index contributed by atoms with van der Waals surface area (Å²) in [6, 6.07) is 14.4. The lowest BCUT2D eigenvalue weighted by molar-refractivity contribution is -0.131. The van der Waals surface area contributed by atoms with Crippen LogP contribution in [0.1, 0.15) is 18.4 Å². The summed E-state index contributed by atoms with van der Waals surface area (Å²) in [4.78, 5) is 35.2. The topological polar surface area (TPSA) is 96.5 Å². The van der Waals surface area contributed by atoms with Crippen LogP contribution in [0.15, 0.2) is 53.0 Å². The number of benzene rings is 2. The van der Waals surface area contributed by atoms with E-state index in [0.29, 0.717) is 17.3 Å². The van der Waals surface area contributed by atoms with Crippen LogP contribution in [0.4, 0.5) is 0 Å². The van der Waals surface area contributed by atoms with E-state index in [0.717, 1.165) is 10.0 Å². The largest absolute Gasteiger partial charge is 0.482 e. The summed E-state index contributed by atoms with van der Waals surface area (Å²) >= 11 is 9.25. The molecule has 2 aromatic carbocycles. The predicted molar refractivity (Wildman–Crippen MR) is 108 cm³/mol. The zero-order chi connectivity index (χ0) is 20.4. The Balaban J connectivity index is 1.60. The molecule has 0 unspecified atom stereocenters. The molecule has 0 aromatic heterocycles. The second kappa shape index (κ2) is 11.3. The first-order chi connectivity index (χ1) is 13.4. The molecule has 2 rings (SSSR count). The molecule has 0 saturated heterocycles. The van der Waals surface area contributed by atoms with Gasteiger partial charge in [0, 0.05) is 23.9 Å². The van der Waals surface area contributed by atoms with Crippen LogP contribution < -0.4 is 20.9 Å². The van der Waals surface area contributed by atoms with Crippen molar-refractivity contribution in [2.24, 2.45) is 0 Å². The van der Waals surface area contributed by atoms with Crippen molar-refractivity contribution >= 4 is 45.3 Å². The number of hydrogen-bond acceptors (Lipinski definition) is 4. The molecule has 0 aliphatic rings. The average Bonchev–Trinajstić information content (AvgIpc) is 2.69. The molecule has 9 heteroatoms. The SMILES string of the molecule is O=C(CCC(=O)NNC(=O)COc1ccc(Br)cc1Cl)NCc1ccccc1. The van der Waals surface area contributed by atoms with Crippen LogP contribution in [-0.2, 0) is 20.9 Å². The van der Waals surface area contributed by atoms with E-state index in [1.165, 1.54) is 0 Å². The Labute approximate surface area is 175 Å². The Morgan fingerprint density at radius 2 is 1.61 bits per heavy atom. The number of carbonyl (C=O) groups excluding carboxylic acids is 3. The molecule has 0 spiro atoms. The molecule has 0 aliphatic heterocycles. The van der Waals surface area contributed by atoms with Crippen molar-refractivity contribution in [2.45, 2.75) is 19.4 Å². The molecule has 3 N–H and O–H groups in total. The van der Waals surface area contributed by atoms with Gasteiger partial charge in [0.1, 0.15) is 5.75 Å². The van der Waals surface area contributed by atoms with E-state index >= 15 is 0 Å². The number of hydrogen-bond donors (Lipinski definition) is 3. The standard InChI is InChI=1S/C19H19BrClN3O4/c20-14-6-7-16(15(21)10-14)28-12-19(27)24-23-18(26)9-8-17(25)22-11-13-4-2-1-3-5-13/h1-7,10H,8-9,11-12H2,(H,22,25)(H,23,26)(H,24,27). The molecule has 0 heterocycles. The molecule has 0 saturated carbocycles. The first kappa shape index (κ1) is 21.7. The van der Waals surface area contributed by atoms with E-state index in [4.69, 9.17) is 16.3 Å². The Morgan fingerprint density at radius 1 is 0.929 bits per heavy atom. The van der Waals surface area contributed by atoms with Crippen LogP contribution in [0.2, 0.25) is 5.02 Å². The van der Waals surface area contributed by atoms with Gasteiger partial charge in [-0.15, -0.1) is 0 Å². The summed E-state index contributed by atoms with van der Waals surface area (Å²) in [7, 11) is 0. The van der Waals surface area contributed by atoms with Crippen LogP contribution in [0, 0.1) is 0 Å². The van der Waals surface area contributed by atoms with Gasteiger partial charge < -0.3 is 10.1 Å². The second-order valence-electron chi connectivity index (χ2n) is 5.72. The molecule has 2 aromatic rings. The van der Waals surface area contributed by atoms with Crippen molar-refractivity contribution in [3.05, 3.63) is 63.6 Å². The highest BCUT2D eigenvalue weighted by Gasteiger charge is 2.10. The van der Waals surface area contributed by atoms with Crippen molar-refractivity contribution in [1.29, 1.82) is 0 Å². The van der Waals surface area contributed by atoms with Gasteiger partial charge in [-0.3, -0.25) is 25.2 Å². The van der Waals surface area contributed by atoms with E-state index in [2.05, 4.69) is 32.1 Å². The number of ether oxygens (including phenoxy) is 1. The molecule has 0 aliphatic carbocycles. The van der Waals surface area contributed by atoms with Gasteiger partial charge in [0.25, 0.3) is 5.91 Å². The Kier molecular flexibility index (Phi) is 8.77. The van der Waals surface area contributed by atoms with Gasteiger partial charge in [-0.1, -0.05) is 57.9 Å². The quantitative estimate of drug-likeness (QED) is 0.519. The summed E-state index contributed by atoms with van der Waals surface area (Å²) in [5.41, 5.74) is 5.42.